The minimum Gasteiger partial charge on any atom is -0.487 e. The van der Waals surface area contributed by atoms with Crippen molar-refractivity contribution in [1.29, 1.82) is 0 Å². The number of aryl methyl sites for hydroxylation is 1. The maximum absolute atomic E-state index is 6.13. The molecular weight excluding hydrogens is 272 g/mol. The normalized spacial score (nSPS) is 10.6. The second-order valence-electron chi connectivity index (χ2n) is 4.56. The minimum atomic E-state index is 0.448. The molecule has 0 aliphatic rings. The van der Waals surface area contributed by atoms with E-state index in [9.17, 15) is 0 Å². The smallest absolute Gasteiger partial charge is 0.142 e. The SMILES string of the molecule is CCNCc1nc(C)ccc1OCc1ccccc1Cl. The molecule has 0 amide bonds. The van der Waals surface area contributed by atoms with Gasteiger partial charge in [-0.3, -0.25) is 4.98 Å². The highest BCUT2D eigenvalue weighted by Gasteiger charge is 2.07. The lowest BCUT2D eigenvalue weighted by molar-refractivity contribution is 0.300. The molecule has 2 rings (SSSR count). The second kappa shape index (κ2) is 7.27. The van der Waals surface area contributed by atoms with E-state index in [1.807, 2.05) is 43.3 Å². The Morgan fingerprint density at radius 2 is 2.00 bits per heavy atom. The lowest BCUT2D eigenvalue weighted by Gasteiger charge is -2.12. The maximum Gasteiger partial charge on any atom is 0.142 e. The van der Waals surface area contributed by atoms with E-state index in [1.54, 1.807) is 0 Å². The summed E-state index contributed by atoms with van der Waals surface area (Å²) in [7, 11) is 0. The molecule has 1 aromatic heterocycles. The number of nitrogens with zero attached hydrogens (tertiary/aromatic N) is 1. The van der Waals surface area contributed by atoms with Crippen molar-refractivity contribution in [2.45, 2.75) is 27.0 Å². The summed E-state index contributed by atoms with van der Waals surface area (Å²) in [5, 5.41) is 4.00. The number of nitrogens with one attached hydrogen (secondary N) is 1. The number of rotatable bonds is 6. The fraction of sp³-hybridized carbons (Fsp3) is 0.312. The molecule has 0 aliphatic heterocycles. The summed E-state index contributed by atoms with van der Waals surface area (Å²) < 4.78 is 5.87. The average Bonchev–Trinajstić information content (AvgIpc) is 2.45. The first-order valence-electron chi connectivity index (χ1n) is 6.74. The third kappa shape index (κ3) is 3.95. The van der Waals surface area contributed by atoms with Crippen LogP contribution in [0.3, 0.4) is 0 Å². The van der Waals surface area contributed by atoms with Crippen LogP contribution in [0.1, 0.15) is 23.9 Å². The molecule has 0 unspecified atom stereocenters. The number of ether oxygens (including phenoxy) is 1. The van der Waals surface area contributed by atoms with Gasteiger partial charge in [-0.05, 0) is 31.7 Å². The molecule has 0 saturated heterocycles. The van der Waals surface area contributed by atoms with E-state index in [4.69, 9.17) is 16.3 Å². The van der Waals surface area contributed by atoms with Crippen LogP contribution in [-0.2, 0) is 13.2 Å². The zero-order valence-corrected chi connectivity index (χ0v) is 12.6. The highest BCUT2D eigenvalue weighted by Crippen LogP contribution is 2.21. The Hall–Kier alpha value is -1.58. The molecule has 3 nitrogen and oxygen atoms in total. The molecule has 0 radical (unpaired) electrons. The van der Waals surface area contributed by atoms with Crippen LogP contribution in [0.5, 0.6) is 5.75 Å². The fourth-order valence-corrected chi connectivity index (χ4v) is 2.06. The van der Waals surface area contributed by atoms with Crippen LogP contribution in [0, 0.1) is 6.92 Å². The van der Waals surface area contributed by atoms with Gasteiger partial charge in [-0.1, -0.05) is 36.7 Å². The third-order valence-corrected chi connectivity index (χ3v) is 3.32. The first-order valence-corrected chi connectivity index (χ1v) is 7.12. The zero-order valence-electron chi connectivity index (χ0n) is 11.8. The summed E-state index contributed by atoms with van der Waals surface area (Å²) in [6, 6.07) is 11.6. The molecule has 0 saturated carbocycles. The summed E-state index contributed by atoms with van der Waals surface area (Å²) >= 11 is 6.13. The van der Waals surface area contributed by atoms with Crippen LogP contribution in [0.25, 0.3) is 0 Å². The number of aromatic nitrogens is 1. The Bertz CT molecular complexity index is 572. The molecule has 0 spiro atoms. The minimum absolute atomic E-state index is 0.448. The van der Waals surface area contributed by atoms with Gasteiger partial charge in [0.05, 0.1) is 5.69 Å². The van der Waals surface area contributed by atoms with Gasteiger partial charge in [-0.15, -0.1) is 0 Å². The van der Waals surface area contributed by atoms with E-state index < -0.39 is 0 Å². The van der Waals surface area contributed by atoms with Crippen molar-refractivity contribution in [1.82, 2.24) is 10.3 Å². The van der Waals surface area contributed by atoms with Crippen LogP contribution in [-0.4, -0.2) is 11.5 Å². The predicted octanol–water partition coefficient (Wildman–Crippen LogP) is 3.73. The average molecular weight is 291 g/mol. The molecule has 1 heterocycles. The number of benzene rings is 1. The summed E-state index contributed by atoms with van der Waals surface area (Å²) in [6.45, 7) is 6.10. The van der Waals surface area contributed by atoms with Crippen LogP contribution in [0.4, 0.5) is 0 Å². The zero-order chi connectivity index (χ0) is 14.4. The van der Waals surface area contributed by atoms with Crippen molar-refractivity contribution in [3.8, 4) is 5.75 Å². The first-order chi connectivity index (χ1) is 9.70. The van der Waals surface area contributed by atoms with Gasteiger partial charge in [0.2, 0.25) is 0 Å². The maximum atomic E-state index is 6.13. The van der Waals surface area contributed by atoms with Crippen molar-refractivity contribution in [3.63, 3.8) is 0 Å². The van der Waals surface area contributed by atoms with E-state index >= 15 is 0 Å². The molecule has 106 valence electrons. The van der Waals surface area contributed by atoms with Gasteiger partial charge in [0.25, 0.3) is 0 Å². The Kier molecular flexibility index (Phi) is 5.39. The highest BCUT2D eigenvalue weighted by atomic mass is 35.5. The molecule has 1 N–H and O–H groups in total. The summed E-state index contributed by atoms with van der Waals surface area (Å²) in [4.78, 5) is 4.52. The van der Waals surface area contributed by atoms with Crippen LogP contribution in [0.15, 0.2) is 36.4 Å². The summed E-state index contributed by atoms with van der Waals surface area (Å²) in [6.07, 6.45) is 0. The summed E-state index contributed by atoms with van der Waals surface area (Å²) in [5.74, 6) is 0.802. The van der Waals surface area contributed by atoms with Crippen molar-refractivity contribution in [3.05, 3.63) is 58.4 Å². The molecule has 1 aromatic carbocycles. The van der Waals surface area contributed by atoms with E-state index in [0.717, 1.165) is 34.3 Å². The van der Waals surface area contributed by atoms with Gasteiger partial charge in [-0.2, -0.15) is 0 Å². The molecule has 2 aromatic rings. The fourth-order valence-electron chi connectivity index (χ4n) is 1.87. The molecule has 4 heteroatoms. The van der Waals surface area contributed by atoms with E-state index in [0.29, 0.717) is 13.2 Å². The molecule has 0 bridgehead atoms. The number of pyridine rings is 1. The second-order valence-corrected chi connectivity index (χ2v) is 4.97. The summed E-state index contributed by atoms with van der Waals surface area (Å²) in [5.41, 5.74) is 2.89. The van der Waals surface area contributed by atoms with Crippen molar-refractivity contribution in [2.75, 3.05) is 6.54 Å². The van der Waals surface area contributed by atoms with Gasteiger partial charge in [0.1, 0.15) is 12.4 Å². The highest BCUT2D eigenvalue weighted by molar-refractivity contribution is 6.31. The predicted molar refractivity (Wildman–Crippen MR) is 82.1 cm³/mol. The molecule has 0 atom stereocenters. The molecule has 20 heavy (non-hydrogen) atoms. The van der Waals surface area contributed by atoms with Crippen LogP contribution in [0.2, 0.25) is 5.02 Å². The standard InChI is InChI=1S/C16H19ClN2O/c1-3-18-10-15-16(9-8-12(2)19-15)20-11-13-6-4-5-7-14(13)17/h4-9,18H,3,10-11H2,1-2H3. The van der Waals surface area contributed by atoms with Crippen molar-refractivity contribution >= 4 is 11.6 Å². The lowest BCUT2D eigenvalue weighted by Crippen LogP contribution is -2.14. The number of hydrogen-bond acceptors (Lipinski definition) is 3. The lowest BCUT2D eigenvalue weighted by atomic mass is 10.2. The Morgan fingerprint density at radius 3 is 2.75 bits per heavy atom. The molecule has 0 aliphatic carbocycles. The van der Waals surface area contributed by atoms with E-state index in [1.165, 1.54) is 0 Å². The van der Waals surface area contributed by atoms with Gasteiger partial charge in [0.15, 0.2) is 0 Å². The number of halogens is 1. The van der Waals surface area contributed by atoms with Gasteiger partial charge >= 0.3 is 0 Å². The Balaban J connectivity index is 2.10. The molecular formula is C16H19ClN2O. The topological polar surface area (TPSA) is 34.2 Å². The Morgan fingerprint density at radius 1 is 1.20 bits per heavy atom. The quantitative estimate of drug-likeness (QED) is 0.880. The van der Waals surface area contributed by atoms with Crippen LogP contribution < -0.4 is 10.1 Å². The third-order valence-electron chi connectivity index (χ3n) is 2.96. The number of hydrogen-bond donors (Lipinski definition) is 1. The largest absolute Gasteiger partial charge is 0.487 e. The van der Waals surface area contributed by atoms with Gasteiger partial charge < -0.3 is 10.1 Å². The monoisotopic (exact) mass is 290 g/mol. The van der Waals surface area contributed by atoms with Crippen molar-refractivity contribution in [2.24, 2.45) is 0 Å². The van der Waals surface area contributed by atoms with E-state index in [-0.39, 0.29) is 0 Å². The Labute approximate surface area is 124 Å². The van der Waals surface area contributed by atoms with Gasteiger partial charge in [0, 0.05) is 22.8 Å². The first kappa shape index (κ1) is 14.8. The van der Waals surface area contributed by atoms with Crippen LogP contribution >= 0.6 is 11.6 Å². The van der Waals surface area contributed by atoms with Crippen molar-refractivity contribution < 1.29 is 4.74 Å². The molecule has 0 fully saturated rings. The van der Waals surface area contributed by atoms with Gasteiger partial charge in [-0.25, -0.2) is 0 Å². The van der Waals surface area contributed by atoms with E-state index in [2.05, 4.69) is 17.2 Å².